The van der Waals surface area contributed by atoms with E-state index in [0.29, 0.717) is 55.7 Å². The van der Waals surface area contributed by atoms with Gasteiger partial charge in [-0.25, -0.2) is 18.0 Å². The molecule has 64 heavy (non-hydrogen) atoms. The van der Waals surface area contributed by atoms with Crippen LogP contribution in [0.15, 0.2) is 115 Å². The van der Waals surface area contributed by atoms with E-state index in [4.69, 9.17) is 37.9 Å². The van der Waals surface area contributed by atoms with Gasteiger partial charge in [-0.1, -0.05) is 77.8 Å². The Kier molecular flexibility index (Phi) is 12.3. The van der Waals surface area contributed by atoms with Crippen LogP contribution in [0.1, 0.15) is 49.8 Å². The van der Waals surface area contributed by atoms with Crippen molar-refractivity contribution in [3.63, 3.8) is 0 Å². The molecule has 0 bridgehead atoms. The van der Waals surface area contributed by atoms with Gasteiger partial charge in [0.2, 0.25) is 12.0 Å². The molecule has 322 valence electrons. The van der Waals surface area contributed by atoms with Gasteiger partial charge in [-0.05, 0) is 81.9 Å². The number of rotatable bonds is 11. The summed E-state index contributed by atoms with van der Waals surface area (Å²) >= 11 is 12.1. The second-order valence-electron chi connectivity index (χ2n) is 15.1. The molecular weight excluding hydrogens is 872 g/mol. The molecular formula is C48H33Cl2F3N4O7. The van der Waals surface area contributed by atoms with Crippen LogP contribution >= 0.6 is 23.2 Å². The fraction of sp³-hybridized carbons (Fsp3) is 0.146. The van der Waals surface area contributed by atoms with Crippen molar-refractivity contribution >= 4 is 52.6 Å². The van der Waals surface area contributed by atoms with Gasteiger partial charge in [0.25, 0.3) is 11.8 Å². The third-order valence-electron chi connectivity index (χ3n) is 10.9. The molecule has 3 atom stereocenters. The van der Waals surface area contributed by atoms with E-state index in [-0.39, 0.29) is 30.9 Å². The molecule has 0 spiro atoms. The highest BCUT2D eigenvalue weighted by Gasteiger charge is 2.40. The summed E-state index contributed by atoms with van der Waals surface area (Å²) in [5, 5.41) is 25.4. The molecule has 2 heterocycles. The second-order valence-corrected chi connectivity index (χ2v) is 15.9. The average Bonchev–Trinajstić information content (AvgIpc) is 3.28. The Morgan fingerprint density at radius 1 is 0.859 bits per heavy atom. The van der Waals surface area contributed by atoms with Crippen LogP contribution in [0.5, 0.6) is 11.5 Å². The zero-order valence-electron chi connectivity index (χ0n) is 33.2. The topological polar surface area (TPSA) is 158 Å². The van der Waals surface area contributed by atoms with Gasteiger partial charge in [-0.3, -0.25) is 14.4 Å². The Morgan fingerprint density at radius 3 is 2.16 bits per heavy atom. The maximum atomic E-state index is 15.1. The van der Waals surface area contributed by atoms with Crippen LogP contribution in [0.3, 0.4) is 0 Å². The van der Waals surface area contributed by atoms with Crippen molar-refractivity contribution in [1.29, 1.82) is 5.26 Å². The maximum Gasteiger partial charge on any atom is 0.326 e. The van der Waals surface area contributed by atoms with E-state index >= 15 is 8.78 Å². The number of carboxylic acid groups (broad SMARTS) is 1. The molecule has 11 nitrogen and oxygen atoms in total. The second kappa shape index (κ2) is 18.2. The molecule has 3 N–H and O–H groups in total. The molecule has 6 aromatic rings. The predicted octanol–water partition coefficient (Wildman–Crippen LogP) is 8.98. The number of carbonyl (C=O) groups is 4. The van der Waals surface area contributed by atoms with Gasteiger partial charge in [-0.2, -0.15) is 5.26 Å². The lowest BCUT2D eigenvalue weighted by atomic mass is 9.91. The molecule has 0 saturated heterocycles. The molecule has 16 heteroatoms. The first-order valence-corrected chi connectivity index (χ1v) is 20.4. The summed E-state index contributed by atoms with van der Waals surface area (Å²) in [6, 6.07) is 28.4. The van der Waals surface area contributed by atoms with Crippen LogP contribution in [0, 0.1) is 28.8 Å². The van der Waals surface area contributed by atoms with Gasteiger partial charge in [0.15, 0.2) is 0 Å². The Labute approximate surface area is 373 Å². The average molecular weight is 906 g/mol. The molecule has 2 unspecified atom stereocenters. The van der Waals surface area contributed by atoms with E-state index in [0.717, 1.165) is 21.6 Å². The van der Waals surface area contributed by atoms with Crippen LogP contribution in [-0.4, -0.2) is 45.8 Å². The van der Waals surface area contributed by atoms with Gasteiger partial charge in [0.1, 0.15) is 53.2 Å². The number of nitriles is 1. The zero-order chi connectivity index (χ0) is 45.2. The smallest absolute Gasteiger partial charge is 0.326 e. The minimum atomic E-state index is -1.51. The molecule has 6 aromatic carbocycles. The number of nitrogens with one attached hydrogen (secondary N) is 2. The number of ether oxygens (including phenoxy) is 2. The van der Waals surface area contributed by atoms with Crippen LogP contribution in [0.25, 0.3) is 11.1 Å². The van der Waals surface area contributed by atoms with Crippen LogP contribution < -0.4 is 20.1 Å². The standard InChI is InChI=1S/C48H33Cl2F3N4O7/c49-35-14-5-27(15-36(35)50)24-63-34-12-10-30(11-13-34)44-46(59)55-39-17-31-18-41(57(23-32(31)19-42(39)64-44)47(60)43-37(52)20-33(51)21-38(43)53)45(58)56-40(48(61)62)16-25-1-6-28(7-2-25)29-8-3-26(22-54)4-9-29/h1-15,17,19-21,40-41,44H,16,18,23-24H2,(H,55,59)(H,56,58)(H,61,62)/t40-,41?,44?/m0/s1. The summed E-state index contributed by atoms with van der Waals surface area (Å²) in [5.74, 6) is -7.65. The van der Waals surface area contributed by atoms with Crippen LogP contribution in [-0.2, 0) is 40.4 Å². The van der Waals surface area contributed by atoms with Crippen molar-refractivity contribution in [2.24, 2.45) is 0 Å². The van der Waals surface area contributed by atoms with Gasteiger partial charge in [0.05, 0.1) is 27.4 Å². The van der Waals surface area contributed by atoms with Gasteiger partial charge < -0.3 is 30.1 Å². The number of hydrogen-bond donors (Lipinski definition) is 3. The van der Waals surface area contributed by atoms with Gasteiger partial charge in [0, 0.05) is 37.1 Å². The largest absolute Gasteiger partial charge is 0.489 e. The lowest BCUT2D eigenvalue weighted by Gasteiger charge is -2.37. The highest BCUT2D eigenvalue weighted by molar-refractivity contribution is 6.42. The fourth-order valence-electron chi connectivity index (χ4n) is 7.56. The van der Waals surface area contributed by atoms with E-state index < -0.39 is 71.4 Å². The van der Waals surface area contributed by atoms with E-state index in [9.17, 15) is 28.7 Å². The number of anilines is 1. The molecule has 2 aliphatic heterocycles. The van der Waals surface area contributed by atoms with E-state index in [2.05, 4.69) is 16.7 Å². The van der Waals surface area contributed by atoms with Crippen molar-refractivity contribution in [3.8, 4) is 28.7 Å². The Bertz CT molecular complexity index is 2850. The number of halogens is 5. The summed E-state index contributed by atoms with van der Waals surface area (Å²) in [6.07, 6.45) is -1.55. The van der Waals surface area contributed by atoms with E-state index in [1.54, 1.807) is 103 Å². The molecule has 3 amide bonds. The number of aliphatic carboxylic acids is 1. The molecule has 8 rings (SSSR count). The summed E-state index contributed by atoms with van der Waals surface area (Å²) in [7, 11) is 0. The lowest BCUT2D eigenvalue weighted by molar-refractivity contribution is -0.142. The van der Waals surface area contributed by atoms with E-state index in [1.807, 2.05) is 0 Å². The Morgan fingerprint density at radius 2 is 1.52 bits per heavy atom. The van der Waals surface area contributed by atoms with Crippen LogP contribution in [0.2, 0.25) is 10.0 Å². The Balaban J connectivity index is 1.02. The number of carbonyl (C=O) groups excluding carboxylic acids is 3. The van der Waals surface area contributed by atoms with Crippen molar-refractivity contribution in [2.45, 2.75) is 44.2 Å². The molecule has 0 saturated carbocycles. The van der Waals surface area contributed by atoms with E-state index in [1.165, 1.54) is 0 Å². The summed E-state index contributed by atoms with van der Waals surface area (Å²) in [6.45, 7) is -0.202. The first kappa shape index (κ1) is 43.3. The summed E-state index contributed by atoms with van der Waals surface area (Å²) in [5.41, 5.74) is 3.95. The van der Waals surface area contributed by atoms with Gasteiger partial charge in [-0.15, -0.1) is 0 Å². The SMILES string of the molecule is N#Cc1ccc(-c2ccc(C[C@H](NC(=O)C3Cc4cc5c(cc4CN3C(=O)c3c(F)cc(F)cc3F)OC(c3ccc(OCc4ccc(Cl)c(Cl)c4)cc3)C(=O)N5)C(=O)O)cc2)cc1. The first-order chi connectivity index (χ1) is 30.7. The highest BCUT2D eigenvalue weighted by Crippen LogP contribution is 2.40. The van der Waals surface area contributed by atoms with Gasteiger partial charge >= 0.3 is 5.97 Å². The Hall–Kier alpha value is -7.34. The molecule has 0 aliphatic carbocycles. The number of amides is 3. The van der Waals surface area contributed by atoms with Crippen molar-refractivity contribution < 1.29 is 46.9 Å². The number of benzene rings is 6. The van der Waals surface area contributed by atoms with Crippen molar-refractivity contribution in [3.05, 3.63) is 182 Å². The predicted molar refractivity (Wildman–Crippen MR) is 229 cm³/mol. The monoisotopic (exact) mass is 904 g/mol. The zero-order valence-corrected chi connectivity index (χ0v) is 34.7. The molecule has 0 fully saturated rings. The number of carboxylic acids is 1. The normalized spacial score (nSPS) is 15.7. The van der Waals surface area contributed by atoms with Crippen molar-refractivity contribution in [2.75, 3.05) is 5.32 Å². The third kappa shape index (κ3) is 9.22. The quantitative estimate of drug-likeness (QED) is 0.116. The third-order valence-corrected chi connectivity index (χ3v) is 11.6. The molecule has 0 radical (unpaired) electrons. The highest BCUT2D eigenvalue weighted by atomic mass is 35.5. The number of hydrogen-bond acceptors (Lipinski definition) is 7. The fourth-order valence-corrected chi connectivity index (χ4v) is 7.88. The van der Waals surface area contributed by atoms with Crippen LogP contribution in [0.4, 0.5) is 18.9 Å². The number of nitrogens with zero attached hydrogens (tertiary/aromatic N) is 2. The maximum absolute atomic E-state index is 15.1. The summed E-state index contributed by atoms with van der Waals surface area (Å²) in [4.78, 5) is 55.0. The number of fused-ring (bicyclic) bond motifs is 2. The summed E-state index contributed by atoms with van der Waals surface area (Å²) < 4.78 is 56.2. The minimum absolute atomic E-state index is 0.167. The minimum Gasteiger partial charge on any atom is -0.489 e. The molecule has 0 aromatic heterocycles. The molecule has 2 aliphatic rings. The first-order valence-electron chi connectivity index (χ1n) is 19.6. The lowest BCUT2D eigenvalue weighted by Crippen LogP contribution is -2.56. The van der Waals surface area contributed by atoms with Crippen molar-refractivity contribution in [1.82, 2.24) is 10.2 Å².